The van der Waals surface area contributed by atoms with Gasteiger partial charge in [0.2, 0.25) is 0 Å². The Morgan fingerprint density at radius 1 is 1.32 bits per heavy atom. The Labute approximate surface area is 131 Å². The number of nitrogens with one attached hydrogen (secondary N) is 1. The van der Waals surface area contributed by atoms with Gasteiger partial charge in [0, 0.05) is 18.8 Å². The van der Waals surface area contributed by atoms with Gasteiger partial charge in [-0.2, -0.15) is 5.10 Å². The number of likely N-dealkylation sites (tertiary alicyclic amines) is 1. The first-order chi connectivity index (χ1) is 10.6. The van der Waals surface area contributed by atoms with Crippen molar-refractivity contribution in [1.29, 1.82) is 0 Å². The predicted molar refractivity (Wildman–Crippen MR) is 82.5 cm³/mol. The molecule has 6 nitrogen and oxygen atoms in total. The minimum absolute atomic E-state index is 0.112. The Hall–Kier alpha value is -1.85. The molecular weight excluding hydrogens is 282 g/mol. The van der Waals surface area contributed by atoms with Crippen molar-refractivity contribution >= 4 is 11.9 Å². The molecule has 1 unspecified atom stereocenters. The largest absolute Gasteiger partial charge is 0.448 e. The second-order valence-electron chi connectivity index (χ2n) is 5.82. The summed E-state index contributed by atoms with van der Waals surface area (Å²) in [5, 5.41) is 6.77. The van der Waals surface area contributed by atoms with Gasteiger partial charge in [-0.05, 0) is 32.3 Å². The van der Waals surface area contributed by atoms with Gasteiger partial charge >= 0.3 is 5.97 Å². The van der Waals surface area contributed by atoms with Gasteiger partial charge in [-0.25, -0.2) is 4.79 Å². The highest BCUT2D eigenvalue weighted by atomic mass is 16.5. The summed E-state index contributed by atoms with van der Waals surface area (Å²) in [7, 11) is 0. The summed E-state index contributed by atoms with van der Waals surface area (Å²) >= 11 is 0. The Bertz CT molecular complexity index is 504. The van der Waals surface area contributed by atoms with Crippen LogP contribution in [-0.4, -0.2) is 46.2 Å². The number of ether oxygens (including phenoxy) is 1. The molecule has 0 saturated carbocycles. The molecule has 22 heavy (non-hydrogen) atoms. The maximum absolute atomic E-state index is 12.3. The molecule has 2 rings (SSSR count). The third kappa shape index (κ3) is 4.32. The van der Waals surface area contributed by atoms with Gasteiger partial charge in [0.15, 0.2) is 11.8 Å². The van der Waals surface area contributed by atoms with Gasteiger partial charge in [-0.15, -0.1) is 0 Å². The van der Waals surface area contributed by atoms with Crippen LogP contribution in [0.2, 0.25) is 0 Å². The van der Waals surface area contributed by atoms with E-state index >= 15 is 0 Å². The highest BCUT2D eigenvalue weighted by molar-refractivity contribution is 5.90. The van der Waals surface area contributed by atoms with Crippen LogP contribution in [0.1, 0.15) is 62.1 Å². The summed E-state index contributed by atoms with van der Waals surface area (Å²) in [4.78, 5) is 26.2. The van der Waals surface area contributed by atoms with Crippen molar-refractivity contribution in [2.45, 2.75) is 58.5 Å². The molecule has 1 aromatic rings. The van der Waals surface area contributed by atoms with E-state index in [0.717, 1.165) is 57.3 Å². The van der Waals surface area contributed by atoms with E-state index < -0.39 is 12.1 Å². The van der Waals surface area contributed by atoms with Crippen molar-refractivity contribution < 1.29 is 14.3 Å². The summed E-state index contributed by atoms with van der Waals surface area (Å²) in [6.07, 6.45) is 5.40. The number of hydrogen-bond acceptors (Lipinski definition) is 4. The third-order valence-electron chi connectivity index (χ3n) is 3.91. The van der Waals surface area contributed by atoms with Crippen molar-refractivity contribution in [3.63, 3.8) is 0 Å². The number of esters is 1. The van der Waals surface area contributed by atoms with Crippen LogP contribution in [0.15, 0.2) is 6.07 Å². The van der Waals surface area contributed by atoms with Crippen LogP contribution < -0.4 is 0 Å². The Balaban J connectivity index is 1.90. The van der Waals surface area contributed by atoms with Gasteiger partial charge in [-0.3, -0.25) is 9.89 Å². The van der Waals surface area contributed by atoms with E-state index in [4.69, 9.17) is 4.74 Å². The maximum Gasteiger partial charge on any atom is 0.359 e. The predicted octanol–water partition coefficient (Wildman–Crippen LogP) is 2.31. The third-order valence-corrected chi connectivity index (χ3v) is 3.91. The zero-order valence-corrected chi connectivity index (χ0v) is 13.4. The van der Waals surface area contributed by atoms with Gasteiger partial charge in [-0.1, -0.05) is 26.2 Å². The number of carbonyl (C=O) groups excluding carboxylic acids is 2. The monoisotopic (exact) mass is 307 g/mol. The van der Waals surface area contributed by atoms with Gasteiger partial charge in [0.1, 0.15) is 0 Å². The Morgan fingerprint density at radius 2 is 2.00 bits per heavy atom. The quantitative estimate of drug-likeness (QED) is 0.847. The lowest BCUT2D eigenvalue weighted by Crippen LogP contribution is -2.40. The first-order valence-corrected chi connectivity index (χ1v) is 8.16. The number of hydrogen-bond donors (Lipinski definition) is 1. The lowest BCUT2D eigenvalue weighted by Gasteiger charge is -2.23. The molecule has 1 N–H and O–H groups in total. The number of aromatic amines is 1. The lowest BCUT2D eigenvalue weighted by molar-refractivity contribution is -0.139. The number of H-pyrrole nitrogens is 1. The van der Waals surface area contributed by atoms with Crippen molar-refractivity contribution in [1.82, 2.24) is 15.1 Å². The normalized spacial score (nSPS) is 16.9. The summed E-state index contributed by atoms with van der Waals surface area (Å²) in [6, 6.07) is 1.69. The molecule has 2 heterocycles. The van der Waals surface area contributed by atoms with E-state index in [0.29, 0.717) is 0 Å². The molecular formula is C16H25N3O3. The van der Waals surface area contributed by atoms with Crippen LogP contribution in [-0.2, 0) is 16.0 Å². The second-order valence-corrected chi connectivity index (χ2v) is 5.82. The Kier molecular flexibility index (Phi) is 5.98. The maximum atomic E-state index is 12.3. The molecule has 6 heteroatoms. The smallest absolute Gasteiger partial charge is 0.359 e. The minimum Gasteiger partial charge on any atom is -0.448 e. The molecule has 1 aliphatic heterocycles. The molecule has 0 aromatic carbocycles. The van der Waals surface area contributed by atoms with Crippen LogP contribution in [0.25, 0.3) is 0 Å². The first-order valence-electron chi connectivity index (χ1n) is 8.16. The van der Waals surface area contributed by atoms with Crippen molar-refractivity contribution in [2.75, 3.05) is 13.1 Å². The highest BCUT2D eigenvalue weighted by Gasteiger charge is 2.25. The lowest BCUT2D eigenvalue weighted by atomic mass is 10.2. The molecule has 1 amide bonds. The van der Waals surface area contributed by atoms with E-state index in [1.165, 1.54) is 0 Å². The van der Waals surface area contributed by atoms with E-state index in [1.54, 1.807) is 17.9 Å². The van der Waals surface area contributed by atoms with Crippen molar-refractivity contribution in [3.05, 3.63) is 17.5 Å². The zero-order chi connectivity index (χ0) is 15.9. The first kappa shape index (κ1) is 16.5. The Morgan fingerprint density at radius 3 is 2.64 bits per heavy atom. The highest BCUT2D eigenvalue weighted by Crippen LogP contribution is 2.13. The van der Waals surface area contributed by atoms with Crippen LogP contribution in [0, 0.1) is 0 Å². The SMILES string of the molecule is CCCc1cc(C(=O)OC(C)C(=O)N2CCCCCC2)n[nH]1. The number of aromatic nitrogens is 2. The summed E-state index contributed by atoms with van der Waals surface area (Å²) in [5.74, 6) is -0.658. The van der Waals surface area contributed by atoms with Crippen molar-refractivity contribution in [3.8, 4) is 0 Å². The molecule has 0 aliphatic carbocycles. The standard InChI is InChI=1S/C16H25N3O3/c1-3-8-13-11-14(18-17-13)16(21)22-12(2)15(20)19-9-6-4-5-7-10-19/h11-12H,3-10H2,1-2H3,(H,17,18). The fourth-order valence-corrected chi connectivity index (χ4v) is 2.68. The van der Waals surface area contributed by atoms with Gasteiger partial charge < -0.3 is 9.64 Å². The molecule has 1 aromatic heterocycles. The number of carbonyl (C=O) groups is 2. The fourth-order valence-electron chi connectivity index (χ4n) is 2.68. The zero-order valence-electron chi connectivity index (χ0n) is 13.4. The summed E-state index contributed by atoms with van der Waals surface area (Å²) in [6.45, 7) is 5.19. The number of nitrogens with zero attached hydrogens (tertiary/aromatic N) is 2. The average molecular weight is 307 g/mol. The van der Waals surface area contributed by atoms with Crippen LogP contribution in [0.3, 0.4) is 0 Å². The molecule has 1 fully saturated rings. The molecule has 1 aliphatic rings. The van der Waals surface area contributed by atoms with E-state index in [-0.39, 0.29) is 11.6 Å². The van der Waals surface area contributed by atoms with Crippen LogP contribution >= 0.6 is 0 Å². The topological polar surface area (TPSA) is 75.3 Å². The van der Waals surface area contributed by atoms with Gasteiger partial charge in [0.05, 0.1) is 0 Å². The van der Waals surface area contributed by atoms with E-state index in [1.807, 2.05) is 0 Å². The number of aryl methyl sites for hydroxylation is 1. The average Bonchev–Trinajstić information content (AvgIpc) is 2.81. The van der Waals surface area contributed by atoms with Crippen LogP contribution in [0.4, 0.5) is 0 Å². The second kappa shape index (κ2) is 7.96. The fraction of sp³-hybridized carbons (Fsp3) is 0.688. The van der Waals surface area contributed by atoms with Crippen LogP contribution in [0.5, 0.6) is 0 Å². The van der Waals surface area contributed by atoms with Crippen molar-refractivity contribution in [2.24, 2.45) is 0 Å². The molecule has 122 valence electrons. The van der Waals surface area contributed by atoms with E-state index in [2.05, 4.69) is 17.1 Å². The number of amides is 1. The van der Waals surface area contributed by atoms with Gasteiger partial charge in [0.25, 0.3) is 5.91 Å². The van der Waals surface area contributed by atoms with E-state index in [9.17, 15) is 9.59 Å². The number of rotatable bonds is 5. The molecule has 1 saturated heterocycles. The molecule has 0 bridgehead atoms. The molecule has 0 spiro atoms. The minimum atomic E-state index is -0.767. The molecule has 0 radical (unpaired) electrons. The molecule has 1 atom stereocenters. The summed E-state index contributed by atoms with van der Waals surface area (Å²) < 4.78 is 5.27. The summed E-state index contributed by atoms with van der Waals surface area (Å²) in [5.41, 5.74) is 1.14.